The highest BCUT2D eigenvalue weighted by molar-refractivity contribution is 6.10. The van der Waals surface area contributed by atoms with Gasteiger partial charge in [0.15, 0.2) is 0 Å². The second kappa shape index (κ2) is 9.80. The van der Waals surface area contributed by atoms with E-state index in [1.54, 1.807) is 18.2 Å². The van der Waals surface area contributed by atoms with Gasteiger partial charge in [0.1, 0.15) is 6.54 Å². The Hall–Kier alpha value is -4.46. The Balaban J connectivity index is 1.11. The van der Waals surface area contributed by atoms with Crippen molar-refractivity contribution in [2.75, 3.05) is 16.8 Å². The average molecular weight is 468 g/mol. The van der Waals surface area contributed by atoms with Gasteiger partial charge in [-0.2, -0.15) is 0 Å². The number of rotatable bonds is 7. The van der Waals surface area contributed by atoms with Crippen LogP contribution in [0.4, 0.5) is 11.4 Å². The summed E-state index contributed by atoms with van der Waals surface area (Å²) in [6, 6.07) is 23.2. The lowest BCUT2D eigenvalue weighted by Crippen LogP contribution is -2.42. The summed E-state index contributed by atoms with van der Waals surface area (Å²) in [5.41, 5.74) is 5.43. The van der Waals surface area contributed by atoms with Crippen LogP contribution in [0, 0.1) is 0 Å². The minimum Gasteiger partial charge on any atom is -0.352 e. The molecule has 0 bridgehead atoms. The number of carbonyl (C=O) groups excluding carboxylic acids is 3. The number of imidazole rings is 1. The number of para-hydroxylation sites is 4. The molecule has 8 heteroatoms. The van der Waals surface area contributed by atoms with Crippen LogP contribution in [0.1, 0.15) is 24.0 Å². The smallest absolute Gasteiger partial charge is 0.244 e. The summed E-state index contributed by atoms with van der Waals surface area (Å²) in [5, 5.41) is 5.63. The lowest BCUT2D eigenvalue weighted by Gasteiger charge is -2.29. The Morgan fingerprint density at radius 3 is 2.51 bits per heavy atom. The van der Waals surface area contributed by atoms with Crippen molar-refractivity contribution in [3.63, 3.8) is 0 Å². The molecular formula is C27H25N5O3. The fourth-order valence-corrected chi connectivity index (χ4v) is 4.20. The molecule has 1 aliphatic rings. The van der Waals surface area contributed by atoms with Crippen molar-refractivity contribution in [2.24, 2.45) is 0 Å². The Kier molecular flexibility index (Phi) is 6.26. The predicted octanol–water partition coefficient (Wildman–Crippen LogP) is 3.47. The molecule has 0 spiro atoms. The number of carbonyl (C=O) groups is 3. The minimum atomic E-state index is -0.251. The van der Waals surface area contributed by atoms with E-state index in [9.17, 15) is 14.4 Å². The average Bonchev–Trinajstić information content (AvgIpc) is 3.29. The molecule has 0 saturated heterocycles. The van der Waals surface area contributed by atoms with Crippen molar-refractivity contribution in [1.29, 1.82) is 0 Å². The number of aromatic nitrogens is 2. The van der Waals surface area contributed by atoms with E-state index in [0.717, 1.165) is 22.2 Å². The molecular weight excluding hydrogens is 442 g/mol. The first-order chi connectivity index (χ1) is 17.1. The number of nitrogens with one attached hydrogen (secondary N) is 2. The second-order valence-corrected chi connectivity index (χ2v) is 8.50. The van der Waals surface area contributed by atoms with E-state index in [1.165, 1.54) is 4.90 Å². The summed E-state index contributed by atoms with van der Waals surface area (Å²) in [4.78, 5) is 42.8. The van der Waals surface area contributed by atoms with Gasteiger partial charge in [-0.1, -0.05) is 48.5 Å². The van der Waals surface area contributed by atoms with Gasteiger partial charge in [0.2, 0.25) is 17.7 Å². The fraction of sp³-hybridized carbons (Fsp3) is 0.185. The second-order valence-electron chi connectivity index (χ2n) is 8.50. The number of hydrogen-bond donors (Lipinski definition) is 2. The molecule has 0 fully saturated rings. The lowest BCUT2D eigenvalue weighted by atomic mass is 10.1. The maximum absolute atomic E-state index is 12.7. The highest BCUT2D eigenvalue weighted by atomic mass is 16.2. The molecule has 0 aliphatic carbocycles. The number of benzene rings is 3. The van der Waals surface area contributed by atoms with E-state index in [0.29, 0.717) is 24.5 Å². The molecule has 0 radical (unpaired) electrons. The largest absolute Gasteiger partial charge is 0.352 e. The minimum absolute atomic E-state index is 0.0330. The van der Waals surface area contributed by atoms with E-state index in [2.05, 4.69) is 26.3 Å². The topological polar surface area (TPSA) is 96.3 Å². The third-order valence-corrected chi connectivity index (χ3v) is 6.03. The van der Waals surface area contributed by atoms with Crippen molar-refractivity contribution in [1.82, 2.24) is 14.9 Å². The number of nitrogens with zero attached hydrogens (tertiary/aromatic N) is 3. The first kappa shape index (κ1) is 22.3. The molecule has 0 atom stereocenters. The first-order valence-corrected chi connectivity index (χ1v) is 11.5. The number of hydrogen-bond acceptors (Lipinski definition) is 4. The van der Waals surface area contributed by atoms with Crippen LogP contribution in [0.2, 0.25) is 0 Å². The highest BCUT2D eigenvalue weighted by Gasteiger charge is 2.26. The van der Waals surface area contributed by atoms with Gasteiger partial charge in [-0.3, -0.25) is 14.4 Å². The zero-order chi connectivity index (χ0) is 24.2. The third kappa shape index (κ3) is 5.06. The zero-order valence-electron chi connectivity index (χ0n) is 19.1. The lowest BCUT2D eigenvalue weighted by molar-refractivity contribution is -0.125. The Morgan fingerprint density at radius 2 is 1.66 bits per heavy atom. The standard InChI is InChI=1S/C27H25N5O3/c33-25(13-14-27(35)32-17-26(34)30-22-6-2-4-8-24(22)32)28-15-19-9-11-20(12-10-19)16-31-18-29-21-5-1-3-7-23(21)31/h1-12,18H,13-17H2,(H,28,33)(H,30,34). The van der Waals surface area contributed by atoms with E-state index in [-0.39, 0.29) is 37.1 Å². The molecule has 3 aromatic carbocycles. The summed E-state index contributed by atoms with van der Waals surface area (Å²) in [6.45, 7) is 1.06. The maximum atomic E-state index is 12.7. The van der Waals surface area contributed by atoms with Gasteiger partial charge in [-0.05, 0) is 35.4 Å². The summed E-state index contributed by atoms with van der Waals surface area (Å²) < 4.78 is 2.10. The van der Waals surface area contributed by atoms with Crippen LogP contribution in [0.25, 0.3) is 11.0 Å². The SMILES string of the molecule is O=C(CCC(=O)N1CC(=O)Nc2ccccc21)NCc1ccc(Cn2cnc3ccccc32)cc1. The Labute approximate surface area is 202 Å². The van der Waals surface area contributed by atoms with Crippen LogP contribution in [0.3, 0.4) is 0 Å². The van der Waals surface area contributed by atoms with Crippen LogP contribution in [-0.2, 0) is 27.5 Å². The molecule has 5 rings (SSSR count). The van der Waals surface area contributed by atoms with Gasteiger partial charge < -0.3 is 20.1 Å². The monoisotopic (exact) mass is 467 g/mol. The van der Waals surface area contributed by atoms with E-state index in [1.807, 2.05) is 54.9 Å². The highest BCUT2D eigenvalue weighted by Crippen LogP contribution is 2.29. The van der Waals surface area contributed by atoms with Gasteiger partial charge in [0.05, 0.1) is 28.7 Å². The molecule has 0 unspecified atom stereocenters. The summed E-state index contributed by atoms with van der Waals surface area (Å²) in [5.74, 6) is -0.702. The predicted molar refractivity (Wildman–Crippen MR) is 134 cm³/mol. The maximum Gasteiger partial charge on any atom is 0.244 e. The van der Waals surface area contributed by atoms with Gasteiger partial charge >= 0.3 is 0 Å². The summed E-state index contributed by atoms with van der Waals surface area (Å²) in [6.07, 6.45) is 1.94. The Bertz CT molecular complexity index is 1390. The third-order valence-electron chi connectivity index (χ3n) is 6.03. The number of fused-ring (bicyclic) bond motifs is 2. The molecule has 1 aromatic heterocycles. The fourth-order valence-electron chi connectivity index (χ4n) is 4.20. The number of anilines is 2. The van der Waals surface area contributed by atoms with Crippen molar-refractivity contribution in [2.45, 2.75) is 25.9 Å². The van der Waals surface area contributed by atoms with E-state index >= 15 is 0 Å². The molecule has 35 heavy (non-hydrogen) atoms. The quantitative estimate of drug-likeness (QED) is 0.435. The van der Waals surface area contributed by atoms with Crippen molar-refractivity contribution < 1.29 is 14.4 Å². The van der Waals surface area contributed by atoms with Crippen LogP contribution in [-0.4, -0.2) is 33.8 Å². The molecule has 176 valence electrons. The molecule has 2 N–H and O–H groups in total. The van der Waals surface area contributed by atoms with Crippen LogP contribution in [0.5, 0.6) is 0 Å². The van der Waals surface area contributed by atoms with E-state index in [4.69, 9.17) is 0 Å². The summed E-state index contributed by atoms with van der Waals surface area (Å²) >= 11 is 0. The molecule has 3 amide bonds. The first-order valence-electron chi connectivity index (χ1n) is 11.5. The Morgan fingerprint density at radius 1 is 0.914 bits per heavy atom. The molecule has 8 nitrogen and oxygen atoms in total. The number of amides is 3. The molecule has 0 saturated carbocycles. The summed E-state index contributed by atoms with van der Waals surface area (Å²) in [7, 11) is 0. The van der Waals surface area contributed by atoms with Crippen molar-refractivity contribution in [3.8, 4) is 0 Å². The van der Waals surface area contributed by atoms with Crippen molar-refractivity contribution in [3.05, 3.63) is 90.3 Å². The van der Waals surface area contributed by atoms with Gasteiger partial charge in [0.25, 0.3) is 0 Å². The normalized spacial score (nSPS) is 12.8. The zero-order valence-corrected chi connectivity index (χ0v) is 19.1. The van der Waals surface area contributed by atoms with Crippen LogP contribution < -0.4 is 15.5 Å². The molecule has 1 aliphatic heterocycles. The van der Waals surface area contributed by atoms with Gasteiger partial charge in [-0.15, -0.1) is 0 Å². The van der Waals surface area contributed by atoms with Gasteiger partial charge in [0, 0.05) is 25.9 Å². The van der Waals surface area contributed by atoms with Gasteiger partial charge in [-0.25, -0.2) is 4.98 Å². The molecule has 4 aromatic rings. The van der Waals surface area contributed by atoms with E-state index < -0.39 is 0 Å². The van der Waals surface area contributed by atoms with Crippen molar-refractivity contribution >= 4 is 40.1 Å². The van der Waals surface area contributed by atoms with Crippen LogP contribution in [0.15, 0.2) is 79.1 Å². The van der Waals surface area contributed by atoms with Crippen LogP contribution >= 0.6 is 0 Å². The molecule has 2 heterocycles.